The van der Waals surface area contributed by atoms with Crippen molar-refractivity contribution in [3.05, 3.63) is 48.5 Å². The second-order valence-corrected chi connectivity index (χ2v) is 11.7. The molecule has 2 unspecified atom stereocenters. The minimum atomic E-state index is -1.73. The van der Waals surface area contributed by atoms with Crippen LogP contribution in [0.4, 0.5) is 0 Å². The molecular weight excluding hydrogens is 316 g/mol. The van der Waals surface area contributed by atoms with Gasteiger partial charge in [0.1, 0.15) is 0 Å². The maximum Gasteiger partial charge on any atom is 0.228 e. The molecule has 0 spiro atoms. The molecule has 0 radical (unpaired) electrons. The number of fused-ring (bicyclic) bond motifs is 6. The third kappa shape index (κ3) is 2.56. The largest absolute Gasteiger partial charge is 0.480 e. The molecular formula is C20H22O3Si. The molecule has 0 amide bonds. The highest BCUT2D eigenvalue weighted by atomic mass is 28.4. The zero-order chi connectivity index (χ0) is 16.9. The topological polar surface area (TPSA) is 27.7 Å². The van der Waals surface area contributed by atoms with Crippen LogP contribution < -0.4 is 9.47 Å². The van der Waals surface area contributed by atoms with E-state index in [2.05, 4.69) is 56.0 Å². The van der Waals surface area contributed by atoms with Crippen LogP contribution in [0, 0.1) is 0 Å². The Kier molecular flexibility index (Phi) is 3.55. The molecule has 3 nitrogen and oxygen atoms in total. The Bertz CT molecular complexity index is 914. The summed E-state index contributed by atoms with van der Waals surface area (Å²) in [5.74, 6) is 1.62. The minimum absolute atomic E-state index is 0.145. The zero-order valence-corrected chi connectivity index (χ0v) is 15.5. The Labute approximate surface area is 143 Å². The zero-order valence-electron chi connectivity index (χ0n) is 14.5. The van der Waals surface area contributed by atoms with Crippen LogP contribution in [0.25, 0.3) is 21.5 Å². The molecule has 0 fully saturated rings. The van der Waals surface area contributed by atoms with Crippen molar-refractivity contribution >= 4 is 29.9 Å². The molecule has 0 saturated heterocycles. The highest BCUT2D eigenvalue weighted by molar-refractivity contribution is 6.69. The van der Waals surface area contributed by atoms with Gasteiger partial charge >= 0.3 is 0 Å². The summed E-state index contributed by atoms with van der Waals surface area (Å²) in [6, 6.07) is 16.6. The highest BCUT2D eigenvalue weighted by Gasteiger charge is 2.35. The lowest BCUT2D eigenvalue weighted by Gasteiger charge is -2.36. The van der Waals surface area contributed by atoms with E-state index in [1.165, 1.54) is 10.8 Å². The summed E-state index contributed by atoms with van der Waals surface area (Å²) in [6.07, 6.45) is -0.512. The molecule has 0 saturated carbocycles. The Morgan fingerprint density at radius 1 is 0.750 bits per heavy atom. The van der Waals surface area contributed by atoms with Gasteiger partial charge in [0, 0.05) is 10.8 Å². The van der Waals surface area contributed by atoms with Gasteiger partial charge in [-0.1, -0.05) is 48.5 Å². The Morgan fingerprint density at radius 3 is 1.71 bits per heavy atom. The van der Waals surface area contributed by atoms with Crippen molar-refractivity contribution in [2.75, 3.05) is 0 Å². The van der Waals surface area contributed by atoms with Crippen LogP contribution in [0.2, 0.25) is 19.6 Å². The number of benzene rings is 3. The van der Waals surface area contributed by atoms with Crippen LogP contribution in [0.15, 0.2) is 48.5 Å². The third-order valence-electron chi connectivity index (χ3n) is 4.23. The Balaban J connectivity index is 1.94. The van der Waals surface area contributed by atoms with Crippen molar-refractivity contribution in [3.63, 3.8) is 0 Å². The third-order valence-corrected chi connectivity index (χ3v) is 5.17. The smallest absolute Gasteiger partial charge is 0.228 e. The van der Waals surface area contributed by atoms with E-state index in [1.807, 2.05) is 19.1 Å². The molecule has 24 heavy (non-hydrogen) atoms. The first-order chi connectivity index (χ1) is 11.4. The van der Waals surface area contributed by atoms with Crippen LogP contribution in [0.1, 0.15) is 6.92 Å². The van der Waals surface area contributed by atoms with E-state index in [0.717, 1.165) is 22.3 Å². The quantitative estimate of drug-likeness (QED) is 0.467. The molecule has 0 bridgehead atoms. The van der Waals surface area contributed by atoms with Crippen LogP contribution in [0.5, 0.6) is 11.5 Å². The lowest BCUT2D eigenvalue weighted by atomic mass is 9.99. The van der Waals surface area contributed by atoms with E-state index >= 15 is 0 Å². The summed E-state index contributed by atoms with van der Waals surface area (Å²) < 4.78 is 18.8. The number of hydrogen-bond donors (Lipinski definition) is 0. The first-order valence-corrected chi connectivity index (χ1v) is 11.8. The monoisotopic (exact) mass is 338 g/mol. The second-order valence-electron chi connectivity index (χ2n) is 7.29. The fraction of sp³-hybridized carbons (Fsp3) is 0.300. The molecule has 3 aromatic rings. The molecule has 124 valence electrons. The van der Waals surface area contributed by atoms with Crippen molar-refractivity contribution in [3.8, 4) is 11.5 Å². The fourth-order valence-corrected chi connectivity index (χ4v) is 4.17. The van der Waals surface area contributed by atoms with Gasteiger partial charge in [0.25, 0.3) is 0 Å². The highest BCUT2D eigenvalue weighted by Crippen LogP contribution is 2.47. The van der Waals surface area contributed by atoms with Crippen molar-refractivity contribution in [1.29, 1.82) is 0 Å². The lowest BCUT2D eigenvalue weighted by Crippen LogP contribution is -2.45. The molecule has 4 rings (SSSR count). The Morgan fingerprint density at radius 2 is 1.21 bits per heavy atom. The number of ether oxygens (including phenoxy) is 2. The van der Waals surface area contributed by atoms with E-state index in [1.54, 1.807) is 0 Å². The van der Waals surface area contributed by atoms with Crippen LogP contribution in [-0.2, 0) is 4.43 Å². The first-order valence-electron chi connectivity index (χ1n) is 8.38. The summed E-state index contributed by atoms with van der Waals surface area (Å²) in [4.78, 5) is 0. The summed E-state index contributed by atoms with van der Waals surface area (Å²) in [5, 5.41) is 4.52. The Hall–Kier alpha value is -2.04. The molecule has 0 aromatic heterocycles. The minimum Gasteiger partial charge on any atom is -0.480 e. The molecule has 1 heterocycles. The van der Waals surface area contributed by atoms with Crippen molar-refractivity contribution in [2.24, 2.45) is 0 Å². The van der Waals surface area contributed by atoms with Gasteiger partial charge in [0.2, 0.25) is 6.29 Å². The SMILES string of the molecule is CC1Oc2c(c3ccccc3c3ccccc23)OC1O[Si](C)(C)C. The summed E-state index contributed by atoms with van der Waals surface area (Å²) in [5.41, 5.74) is 0. The maximum atomic E-state index is 6.33. The second kappa shape index (κ2) is 5.50. The maximum absolute atomic E-state index is 6.33. The van der Waals surface area contributed by atoms with Gasteiger partial charge in [-0.15, -0.1) is 0 Å². The molecule has 3 aromatic carbocycles. The van der Waals surface area contributed by atoms with Crippen LogP contribution in [0.3, 0.4) is 0 Å². The van der Waals surface area contributed by atoms with Gasteiger partial charge in [-0.25, -0.2) is 0 Å². The summed E-state index contributed by atoms with van der Waals surface area (Å²) in [6.45, 7) is 8.50. The van der Waals surface area contributed by atoms with E-state index < -0.39 is 8.32 Å². The average Bonchev–Trinajstić information content (AvgIpc) is 2.55. The first kappa shape index (κ1) is 15.5. The molecule has 1 aliphatic rings. The molecule has 2 atom stereocenters. The summed E-state index contributed by atoms with van der Waals surface area (Å²) >= 11 is 0. The van der Waals surface area contributed by atoms with E-state index in [9.17, 15) is 0 Å². The lowest BCUT2D eigenvalue weighted by molar-refractivity contribution is -0.0918. The van der Waals surface area contributed by atoms with Gasteiger partial charge < -0.3 is 13.9 Å². The number of rotatable bonds is 2. The van der Waals surface area contributed by atoms with Gasteiger partial charge in [-0.3, -0.25) is 0 Å². The standard InChI is InChI=1S/C20H22O3Si/c1-13-20(23-24(2,3)4)22-19-17-12-8-6-10-15(17)14-9-5-7-11-16(14)18(19)21-13/h5-13,20H,1-4H3. The van der Waals surface area contributed by atoms with E-state index in [-0.39, 0.29) is 12.4 Å². The van der Waals surface area contributed by atoms with Crippen LogP contribution in [-0.4, -0.2) is 20.7 Å². The van der Waals surface area contributed by atoms with E-state index in [4.69, 9.17) is 13.9 Å². The fourth-order valence-electron chi connectivity index (χ4n) is 3.23. The van der Waals surface area contributed by atoms with Gasteiger partial charge in [0.05, 0.1) is 0 Å². The predicted molar refractivity (Wildman–Crippen MR) is 100 cm³/mol. The average molecular weight is 338 g/mol. The normalized spacial score (nSPS) is 20.5. The van der Waals surface area contributed by atoms with Crippen molar-refractivity contribution in [2.45, 2.75) is 39.0 Å². The predicted octanol–water partition coefficient (Wildman–Crippen LogP) is 5.33. The molecule has 1 aliphatic heterocycles. The van der Waals surface area contributed by atoms with Crippen molar-refractivity contribution < 1.29 is 13.9 Å². The van der Waals surface area contributed by atoms with Gasteiger partial charge in [-0.2, -0.15) is 0 Å². The van der Waals surface area contributed by atoms with Crippen LogP contribution >= 0.6 is 0 Å². The van der Waals surface area contributed by atoms with E-state index in [0.29, 0.717) is 0 Å². The van der Waals surface area contributed by atoms with Gasteiger partial charge in [0.15, 0.2) is 25.9 Å². The molecule has 0 aliphatic carbocycles. The van der Waals surface area contributed by atoms with Crippen molar-refractivity contribution in [1.82, 2.24) is 0 Å². The van der Waals surface area contributed by atoms with Gasteiger partial charge in [-0.05, 0) is 37.3 Å². The molecule has 4 heteroatoms. The number of hydrogen-bond acceptors (Lipinski definition) is 3. The molecule has 0 N–H and O–H groups in total. The summed E-state index contributed by atoms with van der Waals surface area (Å²) in [7, 11) is -1.73.